The second-order valence-electron chi connectivity index (χ2n) is 6.77. The lowest BCUT2D eigenvalue weighted by Gasteiger charge is -2.35. The minimum atomic E-state index is -0.0901. The Labute approximate surface area is 150 Å². The molecule has 0 spiro atoms. The van der Waals surface area contributed by atoms with Crippen LogP contribution >= 0.6 is 11.3 Å². The summed E-state index contributed by atoms with van der Waals surface area (Å²) in [5.41, 5.74) is 0.729. The third-order valence-electron chi connectivity index (χ3n) is 4.91. The summed E-state index contributed by atoms with van der Waals surface area (Å²) in [6, 6.07) is 6.54. The molecule has 0 bridgehead atoms. The summed E-state index contributed by atoms with van der Waals surface area (Å²) < 4.78 is 1.41. The summed E-state index contributed by atoms with van der Waals surface area (Å²) in [5.74, 6) is 1.17. The Morgan fingerprint density at radius 3 is 3.12 bits per heavy atom. The lowest BCUT2D eigenvalue weighted by molar-refractivity contribution is 0.131. The molecule has 1 aliphatic heterocycles. The molecule has 1 fully saturated rings. The van der Waals surface area contributed by atoms with Crippen LogP contribution in [0.2, 0.25) is 0 Å². The number of nitrogens with zero attached hydrogens (tertiary/aromatic N) is 4. The SMILES string of the molecule is Cc1nc2nc(CN3CCCC[C@H]3CCc3cccs3)cc(=O)n2[nH]1. The largest absolute Gasteiger partial charge is 0.295 e. The van der Waals surface area contributed by atoms with Crippen molar-refractivity contribution in [2.75, 3.05) is 6.54 Å². The van der Waals surface area contributed by atoms with Crippen molar-refractivity contribution in [3.8, 4) is 0 Å². The Bertz CT molecular complexity index is 898. The van der Waals surface area contributed by atoms with E-state index in [0.29, 0.717) is 17.6 Å². The van der Waals surface area contributed by atoms with Crippen LogP contribution in [0.15, 0.2) is 28.4 Å². The van der Waals surface area contributed by atoms with Crippen LogP contribution in [-0.2, 0) is 13.0 Å². The smallest absolute Gasteiger partial charge is 0.274 e. The average Bonchev–Trinajstić information content (AvgIpc) is 3.23. The first-order chi connectivity index (χ1) is 12.2. The molecule has 0 amide bonds. The molecule has 1 aliphatic rings. The predicted octanol–water partition coefficient (Wildman–Crippen LogP) is 2.77. The van der Waals surface area contributed by atoms with E-state index >= 15 is 0 Å². The fourth-order valence-corrected chi connectivity index (χ4v) is 4.41. The Kier molecular flexibility index (Phi) is 4.67. The van der Waals surface area contributed by atoms with Crippen molar-refractivity contribution < 1.29 is 0 Å². The highest BCUT2D eigenvalue weighted by Crippen LogP contribution is 2.24. The van der Waals surface area contributed by atoms with Gasteiger partial charge in [0.1, 0.15) is 5.82 Å². The van der Waals surface area contributed by atoms with E-state index < -0.39 is 0 Å². The molecule has 0 aromatic carbocycles. The first kappa shape index (κ1) is 16.5. The van der Waals surface area contributed by atoms with Crippen LogP contribution in [0, 0.1) is 6.92 Å². The van der Waals surface area contributed by atoms with E-state index in [9.17, 15) is 4.79 Å². The zero-order valence-electron chi connectivity index (χ0n) is 14.4. The molecule has 7 heteroatoms. The van der Waals surface area contributed by atoms with Gasteiger partial charge >= 0.3 is 0 Å². The van der Waals surface area contributed by atoms with Gasteiger partial charge in [-0.05, 0) is 50.6 Å². The molecule has 3 aromatic heterocycles. The maximum atomic E-state index is 12.3. The van der Waals surface area contributed by atoms with Crippen LogP contribution in [0.5, 0.6) is 0 Å². The molecular weight excluding hydrogens is 334 g/mol. The van der Waals surface area contributed by atoms with E-state index in [0.717, 1.165) is 25.2 Å². The first-order valence-electron chi connectivity index (χ1n) is 8.91. The van der Waals surface area contributed by atoms with Crippen LogP contribution in [-0.4, -0.2) is 37.1 Å². The number of H-pyrrole nitrogens is 1. The number of aromatic nitrogens is 4. The molecule has 1 saturated heterocycles. The van der Waals surface area contributed by atoms with Gasteiger partial charge in [0.25, 0.3) is 11.3 Å². The third kappa shape index (κ3) is 3.67. The number of aryl methyl sites for hydroxylation is 2. The number of hydrogen-bond donors (Lipinski definition) is 1. The van der Waals surface area contributed by atoms with Crippen LogP contribution in [0.3, 0.4) is 0 Å². The maximum absolute atomic E-state index is 12.3. The third-order valence-corrected chi connectivity index (χ3v) is 5.85. The number of piperidine rings is 1. The molecule has 4 rings (SSSR count). The second kappa shape index (κ2) is 7.09. The zero-order chi connectivity index (χ0) is 17.2. The highest BCUT2D eigenvalue weighted by molar-refractivity contribution is 7.09. The maximum Gasteiger partial charge on any atom is 0.274 e. The lowest BCUT2D eigenvalue weighted by Crippen LogP contribution is -2.39. The van der Waals surface area contributed by atoms with Crippen molar-refractivity contribution in [1.82, 2.24) is 24.5 Å². The van der Waals surface area contributed by atoms with E-state index in [1.54, 1.807) is 6.07 Å². The van der Waals surface area contributed by atoms with E-state index in [1.807, 2.05) is 18.3 Å². The van der Waals surface area contributed by atoms with Crippen LogP contribution in [0.4, 0.5) is 0 Å². The molecule has 6 nitrogen and oxygen atoms in total. The number of hydrogen-bond acceptors (Lipinski definition) is 5. The molecule has 4 heterocycles. The molecule has 3 aromatic rings. The summed E-state index contributed by atoms with van der Waals surface area (Å²) >= 11 is 1.84. The summed E-state index contributed by atoms with van der Waals surface area (Å²) in [7, 11) is 0. The van der Waals surface area contributed by atoms with Gasteiger partial charge in [0, 0.05) is 23.5 Å². The fraction of sp³-hybridized carbons (Fsp3) is 0.500. The molecule has 0 aliphatic carbocycles. The van der Waals surface area contributed by atoms with Crippen molar-refractivity contribution in [2.45, 2.75) is 51.6 Å². The molecular formula is C18H23N5OS. The van der Waals surface area contributed by atoms with Gasteiger partial charge in [0.15, 0.2) is 0 Å². The van der Waals surface area contributed by atoms with Gasteiger partial charge in [-0.25, -0.2) is 4.98 Å². The molecule has 25 heavy (non-hydrogen) atoms. The number of fused-ring (bicyclic) bond motifs is 1. The second-order valence-corrected chi connectivity index (χ2v) is 7.80. The predicted molar refractivity (Wildman–Crippen MR) is 99.0 cm³/mol. The minimum absolute atomic E-state index is 0.0901. The number of likely N-dealkylation sites (tertiary alicyclic amines) is 1. The van der Waals surface area contributed by atoms with Crippen molar-refractivity contribution >= 4 is 17.1 Å². The molecule has 0 saturated carbocycles. The van der Waals surface area contributed by atoms with Gasteiger partial charge in [0.2, 0.25) is 0 Å². The summed E-state index contributed by atoms with van der Waals surface area (Å²) in [6.07, 6.45) is 6.04. The monoisotopic (exact) mass is 357 g/mol. The van der Waals surface area contributed by atoms with E-state index in [1.165, 1.54) is 35.1 Å². The van der Waals surface area contributed by atoms with Gasteiger partial charge in [-0.3, -0.25) is 14.8 Å². The van der Waals surface area contributed by atoms with E-state index in [4.69, 9.17) is 0 Å². The van der Waals surface area contributed by atoms with Crippen molar-refractivity contribution in [1.29, 1.82) is 0 Å². The van der Waals surface area contributed by atoms with Gasteiger partial charge in [-0.2, -0.15) is 9.50 Å². The lowest BCUT2D eigenvalue weighted by atomic mass is 9.97. The summed E-state index contributed by atoms with van der Waals surface area (Å²) in [6.45, 7) is 3.64. The van der Waals surface area contributed by atoms with Gasteiger partial charge in [0.05, 0.1) is 5.69 Å². The standard InChI is InChI=1S/C18H23N5OS/c1-13-19-18-20-14(11-17(24)23(18)21-13)12-22-9-3-2-5-15(22)7-8-16-6-4-10-25-16/h4,6,10-11,15H,2-3,5,7-9,12H2,1H3,(H,19,20,21)/t15-/m0/s1. The van der Waals surface area contributed by atoms with E-state index in [2.05, 4.69) is 37.5 Å². The number of aromatic amines is 1. The normalized spacial score (nSPS) is 18.8. The fourth-order valence-electron chi connectivity index (χ4n) is 3.68. The van der Waals surface area contributed by atoms with E-state index in [-0.39, 0.29) is 5.56 Å². The average molecular weight is 357 g/mol. The van der Waals surface area contributed by atoms with Crippen molar-refractivity contribution in [2.24, 2.45) is 0 Å². The van der Waals surface area contributed by atoms with Gasteiger partial charge in [-0.15, -0.1) is 11.3 Å². The quantitative estimate of drug-likeness (QED) is 0.762. The minimum Gasteiger partial charge on any atom is -0.295 e. The molecule has 0 radical (unpaired) electrons. The zero-order valence-corrected chi connectivity index (χ0v) is 15.3. The first-order valence-corrected chi connectivity index (χ1v) is 9.79. The van der Waals surface area contributed by atoms with Crippen LogP contribution < -0.4 is 5.56 Å². The number of nitrogens with one attached hydrogen (secondary N) is 1. The van der Waals surface area contributed by atoms with Crippen LogP contribution in [0.1, 0.15) is 42.1 Å². The molecule has 0 unspecified atom stereocenters. The number of rotatable bonds is 5. The molecule has 1 atom stereocenters. The highest BCUT2D eigenvalue weighted by Gasteiger charge is 2.23. The van der Waals surface area contributed by atoms with Gasteiger partial charge in [-0.1, -0.05) is 12.5 Å². The van der Waals surface area contributed by atoms with Crippen LogP contribution in [0.25, 0.3) is 5.78 Å². The molecule has 1 N–H and O–H groups in total. The van der Waals surface area contributed by atoms with Crippen molar-refractivity contribution in [3.05, 3.63) is 50.3 Å². The van der Waals surface area contributed by atoms with Crippen molar-refractivity contribution in [3.63, 3.8) is 0 Å². The van der Waals surface area contributed by atoms with Gasteiger partial charge < -0.3 is 0 Å². The Balaban J connectivity index is 1.50. The number of thiophene rings is 1. The molecule has 132 valence electrons. The summed E-state index contributed by atoms with van der Waals surface area (Å²) in [5, 5.41) is 5.07. The topological polar surface area (TPSA) is 66.3 Å². The highest BCUT2D eigenvalue weighted by atomic mass is 32.1. The summed E-state index contributed by atoms with van der Waals surface area (Å²) in [4.78, 5) is 25.1. The Morgan fingerprint density at radius 2 is 2.28 bits per heavy atom. The Hall–Kier alpha value is -1.99. The Morgan fingerprint density at radius 1 is 1.36 bits per heavy atom.